The van der Waals surface area contributed by atoms with Crippen LogP contribution in [0.1, 0.15) is 78.7 Å². The van der Waals surface area contributed by atoms with Gasteiger partial charge in [0, 0.05) is 0 Å². The fourth-order valence-electron chi connectivity index (χ4n) is 8.55. The van der Waals surface area contributed by atoms with Crippen molar-refractivity contribution in [3.8, 4) is 0 Å². The van der Waals surface area contributed by atoms with Gasteiger partial charge < -0.3 is 5.11 Å². The van der Waals surface area contributed by atoms with Gasteiger partial charge in [0.1, 0.15) is 0 Å². The van der Waals surface area contributed by atoms with Gasteiger partial charge in [0.05, 0.1) is 6.10 Å². The summed E-state index contributed by atoms with van der Waals surface area (Å²) in [4.78, 5) is 0. The van der Waals surface area contributed by atoms with Crippen LogP contribution in [0.15, 0.2) is 59.7 Å². The molecule has 0 spiro atoms. The molecule has 2 saturated carbocycles. The number of fused-ring (bicyclic) bond motifs is 4. The molecule has 0 unspecified atom stereocenters. The number of hydrogen-bond donors (Lipinski definition) is 1. The van der Waals surface area contributed by atoms with E-state index in [0.29, 0.717) is 23.2 Å². The largest absolute Gasteiger partial charge is 0.393 e. The minimum absolute atomic E-state index is 0.0323. The van der Waals surface area contributed by atoms with Crippen LogP contribution in [0.3, 0.4) is 0 Å². The van der Waals surface area contributed by atoms with Gasteiger partial charge in [0.15, 0.2) is 0 Å². The Kier molecular flexibility index (Phi) is 5.36. The van der Waals surface area contributed by atoms with Crippen molar-refractivity contribution in [2.24, 2.45) is 39.9 Å². The SMILES string of the molecule is C[C@H](/C=C/c1ccccc1)[C@H]1CCC2=C3C=C[C@H]4C(C)(C)[C@@H](O)CC[C@]4(C)[C@H]3CC[C@@]21C. The van der Waals surface area contributed by atoms with E-state index in [1.165, 1.54) is 31.2 Å². The summed E-state index contributed by atoms with van der Waals surface area (Å²) in [6.45, 7) is 12.1. The normalized spacial score (nSPS) is 41.3. The molecular weight excluding hydrogens is 388 g/mol. The first-order valence-electron chi connectivity index (χ1n) is 13.0. The molecule has 4 aliphatic rings. The quantitative estimate of drug-likeness (QED) is 0.518. The second-order valence-corrected chi connectivity index (χ2v) is 12.4. The van der Waals surface area contributed by atoms with Crippen molar-refractivity contribution >= 4 is 6.08 Å². The molecule has 0 amide bonds. The summed E-state index contributed by atoms with van der Waals surface area (Å²) < 4.78 is 0. The van der Waals surface area contributed by atoms with Crippen LogP contribution in [0.5, 0.6) is 0 Å². The van der Waals surface area contributed by atoms with Crippen molar-refractivity contribution in [3.63, 3.8) is 0 Å². The maximum atomic E-state index is 10.8. The van der Waals surface area contributed by atoms with Gasteiger partial charge in [-0.2, -0.15) is 0 Å². The molecule has 4 aliphatic carbocycles. The van der Waals surface area contributed by atoms with Crippen molar-refractivity contribution in [1.29, 1.82) is 0 Å². The van der Waals surface area contributed by atoms with Crippen LogP contribution in [-0.2, 0) is 0 Å². The summed E-state index contributed by atoms with van der Waals surface area (Å²) in [5, 5.41) is 10.8. The summed E-state index contributed by atoms with van der Waals surface area (Å²) in [6.07, 6.45) is 17.0. The van der Waals surface area contributed by atoms with Crippen LogP contribution in [0, 0.1) is 39.9 Å². The summed E-state index contributed by atoms with van der Waals surface area (Å²) >= 11 is 0. The fraction of sp³-hybridized carbons (Fsp3) is 0.613. The molecule has 7 atom stereocenters. The molecule has 0 bridgehead atoms. The van der Waals surface area contributed by atoms with E-state index in [0.717, 1.165) is 18.8 Å². The van der Waals surface area contributed by atoms with E-state index in [1.807, 2.05) is 0 Å². The van der Waals surface area contributed by atoms with Crippen molar-refractivity contribution in [2.45, 2.75) is 79.2 Å². The van der Waals surface area contributed by atoms with Gasteiger partial charge in [-0.1, -0.05) is 94.8 Å². The maximum absolute atomic E-state index is 10.8. The molecule has 172 valence electrons. The molecule has 0 aliphatic heterocycles. The fourth-order valence-corrected chi connectivity index (χ4v) is 8.55. The third kappa shape index (κ3) is 3.22. The minimum Gasteiger partial charge on any atom is -0.393 e. The average Bonchev–Trinajstić information content (AvgIpc) is 3.13. The molecule has 1 nitrogen and oxygen atoms in total. The van der Waals surface area contributed by atoms with E-state index in [-0.39, 0.29) is 16.9 Å². The minimum atomic E-state index is -0.179. The molecule has 1 heteroatoms. The Bertz CT molecular complexity index is 950. The standard InChI is InChI=1S/C31H42O/c1-21(11-12-22-9-7-6-8-10-22)24-14-15-25-23-13-16-27-29(2,3)28(32)18-20-31(27,5)26(23)17-19-30(24,25)4/h6-13,16,21,24,26-28,32H,14-15,17-20H2,1-5H3/b12-11+/t21-,24-,26+,27+,28+,30-,31-/m1/s1. The maximum Gasteiger partial charge on any atom is 0.0597 e. The highest BCUT2D eigenvalue weighted by Crippen LogP contribution is 2.66. The molecule has 0 heterocycles. The molecule has 1 N–H and O–H groups in total. The Hall–Kier alpha value is -1.60. The van der Waals surface area contributed by atoms with Gasteiger partial charge in [-0.3, -0.25) is 0 Å². The lowest BCUT2D eigenvalue weighted by Crippen LogP contribution is -2.54. The lowest BCUT2D eigenvalue weighted by atomic mass is 9.46. The number of benzene rings is 1. The highest BCUT2D eigenvalue weighted by molar-refractivity contribution is 5.49. The second-order valence-electron chi connectivity index (χ2n) is 12.4. The predicted octanol–water partition coefficient (Wildman–Crippen LogP) is 7.83. The van der Waals surface area contributed by atoms with Gasteiger partial charge in [-0.05, 0) is 89.6 Å². The molecule has 0 radical (unpaired) electrons. The van der Waals surface area contributed by atoms with E-state index in [2.05, 4.69) is 89.3 Å². The van der Waals surface area contributed by atoms with Crippen LogP contribution < -0.4 is 0 Å². The van der Waals surface area contributed by atoms with Crippen molar-refractivity contribution in [3.05, 3.63) is 65.3 Å². The smallest absolute Gasteiger partial charge is 0.0597 e. The Balaban J connectivity index is 1.46. The lowest BCUT2D eigenvalue weighted by molar-refractivity contribution is -0.0975. The average molecular weight is 431 g/mol. The second kappa shape index (κ2) is 7.73. The zero-order chi connectivity index (χ0) is 22.7. The summed E-state index contributed by atoms with van der Waals surface area (Å²) in [7, 11) is 0. The molecular formula is C31H42O. The van der Waals surface area contributed by atoms with E-state index in [4.69, 9.17) is 0 Å². The number of allylic oxidation sites excluding steroid dienone is 5. The van der Waals surface area contributed by atoms with Gasteiger partial charge in [0.2, 0.25) is 0 Å². The van der Waals surface area contributed by atoms with Gasteiger partial charge >= 0.3 is 0 Å². The lowest BCUT2D eigenvalue weighted by Gasteiger charge is -2.59. The summed E-state index contributed by atoms with van der Waals surface area (Å²) in [5.41, 5.74) is 5.36. The third-order valence-electron chi connectivity index (χ3n) is 10.5. The van der Waals surface area contributed by atoms with E-state index in [9.17, 15) is 5.11 Å². The van der Waals surface area contributed by atoms with E-state index < -0.39 is 0 Å². The highest BCUT2D eigenvalue weighted by Gasteiger charge is 2.58. The Morgan fingerprint density at radius 2 is 1.75 bits per heavy atom. The molecule has 1 aromatic carbocycles. The molecule has 0 aromatic heterocycles. The summed E-state index contributed by atoms with van der Waals surface area (Å²) in [6, 6.07) is 10.7. The first-order valence-corrected chi connectivity index (χ1v) is 13.0. The van der Waals surface area contributed by atoms with E-state index in [1.54, 1.807) is 11.1 Å². The first-order chi connectivity index (χ1) is 15.2. The van der Waals surface area contributed by atoms with Gasteiger partial charge in [-0.25, -0.2) is 0 Å². The van der Waals surface area contributed by atoms with Gasteiger partial charge in [-0.15, -0.1) is 0 Å². The van der Waals surface area contributed by atoms with Crippen LogP contribution >= 0.6 is 0 Å². The zero-order valence-electron chi connectivity index (χ0n) is 20.8. The topological polar surface area (TPSA) is 20.2 Å². The van der Waals surface area contributed by atoms with Crippen LogP contribution in [-0.4, -0.2) is 11.2 Å². The van der Waals surface area contributed by atoms with Crippen molar-refractivity contribution < 1.29 is 5.11 Å². The van der Waals surface area contributed by atoms with E-state index >= 15 is 0 Å². The molecule has 0 saturated heterocycles. The van der Waals surface area contributed by atoms with Crippen LogP contribution in [0.2, 0.25) is 0 Å². The molecule has 32 heavy (non-hydrogen) atoms. The number of hydrogen-bond acceptors (Lipinski definition) is 1. The number of rotatable bonds is 3. The zero-order valence-corrected chi connectivity index (χ0v) is 20.8. The number of aliphatic hydroxyl groups is 1. The summed E-state index contributed by atoms with van der Waals surface area (Å²) in [5.74, 6) is 2.47. The van der Waals surface area contributed by atoms with Crippen molar-refractivity contribution in [1.82, 2.24) is 0 Å². The Morgan fingerprint density at radius 3 is 2.50 bits per heavy atom. The van der Waals surface area contributed by atoms with Crippen LogP contribution in [0.25, 0.3) is 6.08 Å². The highest BCUT2D eigenvalue weighted by atomic mass is 16.3. The Labute approximate surface area is 195 Å². The third-order valence-corrected chi connectivity index (χ3v) is 10.5. The molecule has 5 rings (SSSR count). The molecule has 2 fully saturated rings. The monoisotopic (exact) mass is 430 g/mol. The van der Waals surface area contributed by atoms with Crippen LogP contribution in [0.4, 0.5) is 0 Å². The number of aliphatic hydroxyl groups excluding tert-OH is 1. The van der Waals surface area contributed by atoms with Crippen molar-refractivity contribution in [2.75, 3.05) is 0 Å². The Morgan fingerprint density at radius 1 is 1.00 bits per heavy atom. The molecule has 1 aromatic rings. The first kappa shape index (κ1) is 22.2. The predicted molar refractivity (Wildman–Crippen MR) is 135 cm³/mol. The van der Waals surface area contributed by atoms with Gasteiger partial charge in [0.25, 0.3) is 0 Å².